The Morgan fingerprint density at radius 1 is 1.13 bits per heavy atom. The molecule has 0 aromatic heterocycles. The molecule has 1 amide bonds. The summed E-state index contributed by atoms with van der Waals surface area (Å²) in [5.41, 5.74) is 0.776. The van der Waals surface area contributed by atoms with Gasteiger partial charge in [-0.05, 0) is 35.9 Å². The normalized spacial score (nSPS) is 10.8. The number of rotatable bonds is 4. The molecule has 2 aromatic carbocycles. The maximum absolute atomic E-state index is 12.1. The number of sulfonamides is 1. The average Bonchev–Trinajstić information content (AvgIpc) is 2.49. The van der Waals surface area contributed by atoms with Crippen LogP contribution in [0.1, 0.15) is 11.1 Å². The minimum absolute atomic E-state index is 0.000486. The summed E-state index contributed by atoms with van der Waals surface area (Å²) in [5, 5.41) is 9.30. The summed E-state index contributed by atoms with van der Waals surface area (Å²) in [6.45, 7) is 0. The largest absolute Gasteiger partial charge is 0.274 e. The van der Waals surface area contributed by atoms with E-state index in [-0.39, 0.29) is 21.9 Å². The number of hydrogen-bond donors (Lipinski definition) is 1. The molecule has 0 saturated carbocycles. The van der Waals surface area contributed by atoms with Gasteiger partial charge in [-0.3, -0.25) is 4.79 Å². The van der Waals surface area contributed by atoms with E-state index in [0.29, 0.717) is 10.6 Å². The molecule has 0 heterocycles. The van der Waals surface area contributed by atoms with E-state index in [0.717, 1.165) is 6.07 Å². The lowest BCUT2D eigenvalue weighted by atomic mass is 10.1. The highest BCUT2D eigenvalue weighted by Crippen LogP contribution is 2.20. The third kappa shape index (κ3) is 4.45. The third-order valence-electron chi connectivity index (χ3n) is 2.90. The Balaban J connectivity index is 2.14. The number of halogens is 2. The summed E-state index contributed by atoms with van der Waals surface area (Å²) in [7, 11) is -4.05. The van der Waals surface area contributed by atoms with Crippen LogP contribution in [0, 0.1) is 11.3 Å². The van der Waals surface area contributed by atoms with Crippen molar-refractivity contribution in [1.82, 2.24) is 4.72 Å². The third-order valence-corrected chi connectivity index (χ3v) is 4.83. The first-order valence-corrected chi connectivity index (χ1v) is 8.55. The first-order valence-electron chi connectivity index (χ1n) is 6.31. The van der Waals surface area contributed by atoms with Crippen LogP contribution in [-0.2, 0) is 21.2 Å². The minimum atomic E-state index is -4.05. The number of hydrogen-bond acceptors (Lipinski definition) is 4. The van der Waals surface area contributed by atoms with Gasteiger partial charge in [-0.15, -0.1) is 0 Å². The van der Waals surface area contributed by atoms with E-state index < -0.39 is 15.9 Å². The second-order valence-electron chi connectivity index (χ2n) is 4.59. The molecular formula is C15H10Cl2N2O3S. The summed E-state index contributed by atoms with van der Waals surface area (Å²) < 4.78 is 26.2. The maximum atomic E-state index is 12.1. The number of nitrogens with one attached hydrogen (secondary N) is 1. The Morgan fingerprint density at radius 2 is 1.78 bits per heavy atom. The Labute approximate surface area is 143 Å². The molecule has 0 spiro atoms. The highest BCUT2D eigenvalue weighted by molar-refractivity contribution is 7.90. The quantitative estimate of drug-likeness (QED) is 0.898. The smallest absolute Gasteiger partial charge is 0.264 e. The van der Waals surface area contributed by atoms with E-state index in [9.17, 15) is 13.2 Å². The van der Waals surface area contributed by atoms with Crippen LogP contribution >= 0.6 is 23.2 Å². The lowest BCUT2D eigenvalue weighted by Gasteiger charge is -2.08. The number of amides is 1. The molecule has 8 heteroatoms. The number of benzene rings is 2. The summed E-state index contributed by atoms with van der Waals surface area (Å²) >= 11 is 11.5. The zero-order valence-corrected chi connectivity index (χ0v) is 13.9. The van der Waals surface area contributed by atoms with Gasteiger partial charge in [0, 0.05) is 5.02 Å². The predicted molar refractivity (Wildman–Crippen MR) is 86.7 cm³/mol. The Hall–Kier alpha value is -2.07. The zero-order chi connectivity index (χ0) is 17.0. The van der Waals surface area contributed by atoms with Gasteiger partial charge in [0.2, 0.25) is 5.91 Å². The number of carbonyl (C=O) groups is 1. The first-order chi connectivity index (χ1) is 10.8. The number of nitriles is 1. The van der Waals surface area contributed by atoms with Crippen molar-refractivity contribution in [2.24, 2.45) is 0 Å². The lowest BCUT2D eigenvalue weighted by Crippen LogP contribution is -2.31. The molecule has 0 fully saturated rings. The van der Waals surface area contributed by atoms with Crippen molar-refractivity contribution >= 4 is 39.1 Å². The van der Waals surface area contributed by atoms with Gasteiger partial charge in [0.05, 0.1) is 21.9 Å². The van der Waals surface area contributed by atoms with Crippen molar-refractivity contribution in [1.29, 1.82) is 5.26 Å². The van der Waals surface area contributed by atoms with Crippen LogP contribution < -0.4 is 4.72 Å². The van der Waals surface area contributed by atoms with Gasteiger partial charge in [-0.25, -0.2) is 13.1 Å². The van der Waals surface area contributed by atoms with E-state index in [1.807, 2.05) is 10.8 Å². The molecule has 23 heavy (non-hydrogen) atoms. The summed E-state index contributed by atoms with van der Waals surface area (Å²) in [6, 6.07) is 11.9. The van der Waals surface area contributed by atoms with E-state index in [1.165, 1.54) is 12.1 Å². The maximum Gasteiger partial charge on any atom is 0.264 e. The highest BCUT2D eigenvalue weighted by Gasteiger charge is 2.19. The van der Waals surface area contributed by atoms with E-state index in [2.05, 4.69) is 0 Å². The van der Waals surface area contributed by atoms with Gasteiger partial charge < -0.3 is 0 Å². The zero-order valence-electron chi connectivity index (χ0n) is 11.6. The molecule has 5 nitrogen and oxygen atoms in total. The molecule has 1 N–H and O–H groups in total. The van der Waals surface area contributed by atoms with Gasteiger partial charge in [0.15, 0.2) is 0 Å². The lowest BCUT2D eigenvalue weighted by molar-refractivity contribution is -0.118. The molecule has 0 saturated heterocycles. The summed E-state index contributed by atoms with van der Waals surface area (Å²) in [6.07, 6.45) is -0.111. The fraction of sp³-hybridized carbons (Fsp3) is 0.0667. The summed E-state index contributed by atoms with van der Waals surface area (Å²) in [4.78, 5) is 11.7. The Morgan fingerprint density at radius 3 is 2.35 bits per heavy atom. The number of carbonyl (C=O) groups excluding carboxylic acids is 1. The Kier molecular flexibility index (Phi) is 5.26. The van der Waals surface area contributed by atoms with Gasteiger partial charge in [-0.2, -0.15) is 5.26 Å². The standard InChI is InChI=1S/C15H10Cl2N2O3S/c16-12-4-1-10(2-5-12)7-15(20)19-23(21,22)13-6-3-11(9-18)14(17)8-13/h1-6,8H,7H2,(H,19,20). The van der Waals surface area contributed by atoms with Gasteiger partial charge in [-0.1, -0.05) is 35.3 Å². The Bertz CT molecular complexity index is 888. The van der Waals surface area contributed by atoms with Crippen LogP contribution in [0.25, 0.3) is 0 Å². The second kappa shape index (κ2) is 7.01. The van der Waals surface area contributed by atoms with Crippen molar-refractivity contribution in [2.45, 2.75) is 11.3 Å². The fourth-order valence-electron chi connectivity index (χ4n) is 1.79. The molecule has 0 unspecified atom stereocenters. The van der Waals surface area contributed by atoms with Crippen molar-refractivity contribution in [2.75, 3.05) is 0 Å². The van der Waals surface area contributed by atoms with E-state index >= 15 is 0 Å². The van der Waals surface area contributed by atoms with Crippen molar-refractivity contribution in [3.63, 3.8) is 0 Å². The van der Waals surface area contributed by atoms with Crippen molar-refractivity contribution < 1.29 is 13.2 Å². The topological polar surface area (TPSA) is 87.0 Å². The van der Waals surface area contributed by atoms with Crippen molar-refractivity contribution in [3.05, 3.63) is 63.6 Å². The van der Waals surface area contributed by atoms with E-state index in [1.54, 1.807) is 24.3 Å². The predicted octanol–water partition coefficient (Wildman–Crippen LogP) is 2.91. The molecule has 118 valence electrons. The van der Waals surface area contributed by atoms with Gasteiger partial charge in [0.1, 0.15) is 6.07 Å². The molecule has 0 atom stereocenters. The molecule has 0 aliphatic rings. The van der Waals surface area contributed by atoms with Crippen LogP contribution in [0.2, 0.25) is 10.0 Å². The first kappa shape index (κ1) is 17.3. The molecule has 0 radical (unpaired) electrons. The summed E-state index contributed by atoms with van der Waals surface area (Å²) in [5.74, 6) is -0.687. The van der Waals surface area contributed by atoms with Crippen LogP contribution in [0.15, 0.2) is 47.4 Å². The van der Waals surface area contributed by atoms with Gasteiger partial charge >= 0.3 is 0 Å². The molecule has 2 rings (SSSR count). The molecule has 2 aromatic rings. The van der Waals surface area contributed by atoms with Crippen LogP contribution in [0.5, 0.6) is 0 Å². The molecule has 0 aliphatic heterocycles. The van der Waals surface area contributed by atoms with Crippen LogP contribution in [-0.4, -0.2) is 14.3 Å². The van der Waals surface area contributed by atoms with Gasteiger partial charge in [0.25, 0.3) is 10.0 Å². The van der Waals surface area contributed by atoms with Crippen molar-refractivity contribution in [3.8, 4) is 6.07 Å². The molecule has 0 bridgehead atoms. The molecule has 0 aliphatic carbocycles. The number of nitrogens with zero attached hydrogens (tertiary/aromatic N) is 1. The monoisotopic (exact) mass is 368 g/mol. The highest BCUT2D eigenvalue weighted by atomic mass is 35.5. The fourth-order valence-corrected chi connectivity index (χ4v) is 3.21. The second-order valence-corrected chi connectivity index (χ2v) is 7.11. The molecular weight excluding hydrogens is 359 g/mol. The van der Waals surface area contributed by atoms with E-state index in [4.69, 9.17) is 28.5 Å². The average molecular weight is 369 g/mol. The SMILES string of the molecule is N#Cc1ccc(S(=O)(=O)NC(=O)Cc2ccc(Cl)cc2)cc1Cl. The minimum Gasteiger partial charge on any atom is -0.274 e. The van der Waals surface area contributed by atoms with Crippen LogP contribution in [0.3, 0.4) is 0 Å². The van der Waals surface area contributed by atoms with Crippen LogP contribution in [0.4, 0.5) is 0 Å².